The molecule has 0 saturated heterocycles. The Kier molecular flexibility index (Phi) is 7.45. The first-order valence-electron chi connectivity index (χ1n) is 11.1. The Morgan fingerprint density at radius 1 is 1.00 bits per heavy atom. The molecule has 1 aliphatic heterocycles. The van der Waals surface area contributed by atoms with E-state index >= 15 is 0 Å². The molecule has 3 aromatic rings. The van der Waals surface area contributed by atoms with Gasteiger partial charge in [-0.2, -0.15) is 0 Å². The van der Waals surface area contributed by atoms with Crippen molar-refractivity contribution in [1.29, 1.82) is 0 Å². The van der Waals surface area contributed by atoms with Crippen LogP contribution in [0.4, 0.5) is 11.4 Å². The molecule has 0 spiro atoms. The molecule has 0 radical (unpaired) electrons. The van der Waals surface area contributed by atoms with Crippen molar-refractivity contribution in [2.75, 3.05) is 31.3 Å². The van der Waals surface area contributed by atoms with Crippen LogP contribution in [0.5, 0.6) is 0 Å². The van der Waals surface area contributed by atoms with E-state index < -0.39 is 5.97 Å². The SMILES string of the molecule is CCOC(=O)c1ccc2c(c1)NC(=O)/C2=C(/Nc1cc(Cl)c(CN(C)C)c(Cl)c1)c1ccccc1. The lowest BCUT2D eigenvalue weighted by molar-refractivity contribution is -0.110. The van der Waals surface area contributed by atoms with Gasteiger partial charge in [0.2, 0.25) is 0 Å². The molecular weight excluding hydrogens is 485 g/mol. The average Bonchev–Trinajstić information content (AvgIpc) is 3.15. The van der Waals surface area contributed by atoms with Gasteiger partial charge in [-0.25, -0.2) is 4.79 Å². The lowest BCUT2D eigenvalue weighted by Crippen LogP contribution is -2.12. The van der Waals surface area contributed by atoms with Gasteiger partial charge in [-0.05, 0) is 50.8 Å². The molecule has 8 heteroatoms. The molecule has 0 saturated carbocycles. The standard InChI is InChI=1S/C27H25Cl2N3O3/c1-4-35-27(34)17-10-11-19-23(12-17)31-26(33)24(19)25(16-8-6-5-7-9-16)30-18-13-21(28)20(15-32(2)3)22(29)14-18/h5-14,30H,4,15H2,1-3H3,(H,31,33)/b25-24+. The highest BCUT2D eigenvalue weighted by Gasteiger charge is 2.29. The second kappa shape index (κ2) is 10.5. The third-order valence-corrected chi connectivity index (χ3v) is 6.15. The van der Waals surface area contributed by atoms with E-state index in [0.717, 1.165) is 11.1 Å². The van der Waals surface area contributed by atoms with E-state index in [-0.39, 0.29) is 12.5 Å². The molecule has 0 unspecified atom stereocenters. The molecule has 35 heavy (non-hydrogen) atoms. The summed E-state index contributed by atoms with van der Waals surface area (Å²) in [7, 11) is 3.89. The molecule has 1 amide bonds. The van der Waals surface area contributed by atoms with Crippen molar-refractivity contribution in [3.8, 4) is 0 Å². The van der Waals surface area contributed by atoms with Crippen molar-refractivity contribution in [2.45, 2.75) is 13.5 Å². The van der Waals surface area contributed by atoms with Crippen LogP contribution in [0.2, 0.25) is 10.0 Å². The minimum Gasteiger partial charge on any atom is -0.462 e. The zero-order valence-electron chi connectivity index (χ0n) is 19.6. The maximum atomic E-state index is 13.2. The highest BCUT2D eigenvalue weighted by molar-refractivity contribution is 6.38. The zero-order chi connectivity index (χ0) is 25.1. The predicted octanol–water partition coefficient (Wildman–Crippen LogP) is 6.16. The van der Waals surface area contributed by atoms with Crippen LogP contribution in [0.25, 0.3) is 11.3 Å². The van der Waals surface area contributed by atoms with Gasteiger partial charge in [0.15, 0.2) is 0 Å². The smallest absolute Gasteiger partial charge is 0.338 e. The number of hydrogen-bond acceptors (Lipinski definition) is 5. The highest BCUT2D eigenvalue weighted by atomic mass is 35.5. The minimum absolute atomic E-state index is 0.272. The summed E-state index contributed by atoms with van der Waals surface area (Å²) in [6, 6.07) is 18.2. The van der Waals surface area contributed by atoms with Gasteiger partial charge in [-0.15, -0.1) is 0 Å². The van der Waals surface area contributed by atoms with Crippen molar-refractivity contribution in [1.82, 2.24) is 4.90 Å². The Morgan fingerprint density at radius 2 is 1.69 bits per heavy atom. The Balaban J connectivity index is 1.81. The molecule has 3 aromatic carbocycles. The molecule has 0 atom stereocenters. The number of rotatable bonds is 7. The Labute approximate surface area is 214 Å². The molecule has 1 aliphatic rings. The fourth-order valence-electron chi connectivity index (χ4n) is 3.93. The second-order valence-electron chi connectivity index (χ2n) is 8.33. The lowest BCUT2D eigenvalue weighted by Gasteiger charge is -2.18. The fraction of sp³-hybridized carbons (Fsp3) is 0.185. The number of ether oxygens (including phenoxy) is 1. The van der Waals surface area contributed by atoms with Gasteiger partial charge in [0.25, 0.3) is 5.91 Å². The van der Waals surface area contributed by atoms with E-state index in [2.05, 4.69) is 10.6 Å². The maximum absolute atomic E-state index is 13.2. The van der Waals surface area contributed by atoms with E-state index in [1.54, 1.807) is 37.3 Å². The van der Waals surface area contributed by atoms with Gasteiger partial charge in [0.1, 0.15) is 0 Å². The van der Waals surface area contributed by atoms with E-state index in [1.807, 2.05) is 49.3 Å². The number of anilines is 2. The summed E-state index contributed by atoms with van der Waals surface area (Å²) >= 11 is 13.1. The number of carbonyl (C=O) groups excluding carboxylic acids is 2. The molecule has 0 fully saturated rings. The molecule has 6 nitrogen and oxygen atoms in total. The zero-order valence-corrected chi connectivity index (χ0v) is 21.1. The normalized spacial score (nSPS) is 13.9. The predicted molar refractivity (Wildman–Crippen MR) is 142 cm³/mol. The molecule has 180 valence electrons. The van der Waals surface area contributed by atoms with Crippen molar-refractivity contribution in [3.05, 3.63) is 93.0 Å². The van der Waals surface area contributed by atoms with Crippen molar-refractivity contribution in [3.63, 3.8) is 0 Å². The summed E-state index contributed by atoms with van der Waals surface area (Å²) in [4.78, 5) is 27.3. The van der Waals surface area contributed by atoms with Gasteiger partial charge in [0.05, 0.1) is 29.1 Å². The molecule has 4 rings (SSSR count). The van der Waals surface area contributed by atoms with Gasteiger partial charge in [0, 0.05) is 33.4 Å². The van der Waals surface area contributed by atoms with Crippen LogP contribution in [-0.4, -0.2) is 37.5 Å². The molecule has 0 aromatic heterocycles. The first kappa shape index (κ1) is 24.8. The van der Waals surface area contributed by atoms with Crippen molar-refractivity contribution < 1.29 is 14.3 Å². The number of fused-ring (bicyclic) bond motifs is 1. The number of benzene rings is 3. The van der Waals surface area contributed by atoms with Gasteiger partial charge < -0.3 is 20.3 Å². The second-order valence-corrected chi connectivity index (χ2v) is 9.15. The number of hydrogen-bond donors (Lipinski definition) is 2. The van der Waals surface area contributed by atoms with Crippen LogP contribution < -0.4 is 10.6 Å². The number of nitrogens with zero attached hydrogens (tertiary/aromatic N) is 1. The van der Waals surface area contributed by atoms with Crippen LogP contribution in [0, 0.1) is 0 Å². The Morgan fingerprint density at radius 3 is 2.31 bits per heavy atom. The minimum atomic E-state index is -0.439. The van der Waals surface area contributed by atoms with Crippen LogP contribution in [0.15, 0.2) is 60.7 Å². The van der Waals surface area contributed by atoms with Gasteiger partial charge in [-0.3, -0.25) is 4.79 Å². The van der Waals surface area contributed by atoms with E-state index in [1.165, 1.54) is 0 Å². The summed E-state index contributed by atoms with van der Waals surface area (Å²) < 4.78 is 5.09. The molecule has 0 aliphatic carbocycles. The average molecular weight is 510 g/mol. The topological polar surface area (TPSA) is 70.7 Å². The Bertz CT molecular complexity index is 1300. The van der Waals surface area contributed by atoms with Crippen LogP contribution in [-0.2, 0) is 16.1 Å². The summed E-state index contributed by atoms with van der Waals surface area (Å²) in [5, 5.41) is 7.30. The monoisotopic (exact) mass is 509 g/mol. The molecule has 2 N–H and O–H groups in total. The third kappa shape index (κ3) is 5.35. The maximum Gasteiger partial charge on any atom is 0.338 e. The lowest BCUT2D eigenvalue weighted by atomic mass is 9.99. The quantitative estimate of drug-likeness (QED) is 0.294. The van der Waals surface area contributed by atoms with E-state index in [0.29, 0.717) is 50.4 Å². The number of amides is 1. The number of halogens is 2. The number of carbonyl (C=O) groups is 2. The van der Waals surface area contributed by atoms with Crippen molar-refractivity contribution >= 4 is 57.7 Å². The summed E-state index contributed by atoms with van der Waals surface area (Å²) in [5.74, 6) is -0.723. The first-order valence-corrected chi connectivity index (χ1v) is 11.9. The van der Waals surface area contributed by atoms with Crippen LogP contribution in [0.3, 0.4) is 0 Å². The molecule has 1 heterocycles. The highest BCUT2D eigenvalue weighted by Crippen LogP contribution is 2.39. The Hall–Kier alpha value is -3.32. The number of nitrogens with one attached hydrogen (secondary N) is 2. The van der Waals surface area contributed by atoms with Gasteiger partial charge >= 0.3 is 5.97 Å². The third-order valence-electron chi connectivity index (χ3n) is 5.47. The largest absolute Gasteiger partial charge is 0.462 e. The van der Waals surface area contributed by atoms with Crippen LogP contribution >= 0.6 is 23.2 Å². The van der Waals surface area contributed by atoms with Crippen molar-refractivity contribution in [2.24, 2.45) is 0 Å². The summed E-state index contributed by atoms with van der Waals surface area (Å²) in [6.07, 6.45) is 0. The van der Waals surface area contributed by atoms with Crippen LogP contribution in [0.1, 0.15) is 34.0 Å². The molecule has 0 bridgehead atoms. The first-order chi connectivity index (χ1) is 16.8. The fourth-order valence-corrected chi connectivity index (χ4v) is 4.54. The van der Waals surface area contributed by atoms with E-state index in [9.17, 15) is 9.59 Å². The summed E-state index contributed by atoms with van der Waals surface area (Å²) in [5.41, 5.74) is 4.93. The summed E-state index contributed by atoms with van der Waals surface area (Å²) in [6.45, 7) is 2.62. The van der Waals surface area contributed by atoms with Gasteiger partial charge in [-0.1, -0.05) is 59.6 Å². The molecular formula is C27H25Cl2N3O3. The van der Waals surface area contributed by atoms with E-state index in [4.69, 9.17) is 27.9 Å². The number of esters is 1.